The van der Waals surface area contributed by atoms with Gasteiger partial charge in [-0.1, -0.05) is 42.7 Å². The lowest BCUT2D eigenvalue weighted by molar-refractivity contribution is -0.131. The van der Waals surface area contributed by atoms with Crippen molar-refractivity contribution in [1.82, 2.24) is 20.2 Å². The second-order valence-corrected chi connectivity index (χ2v) is 11.0. The van der Waals surface area contributed by atoms with Crippen LogP contribution >= 0.6 is 0 Å². The summed E-state index contributed by atoms with van der Waals surface area (Å²) in [6, 6.07) is 9.43. The molecule has 4 aliphatic rings. The van der Waals surface area contributed by atoms with Crippen LogP contribution in [-0.4, -0.2) is 45.7 Å². The van der Waals surface area contributed by atoms with Gasteiger partial charge in [0.1, 0.15) is 12.4 Å². The van der Waals surface area contributed by atoms with Crippen molar-refractivity contribution in [3.05, 3.63) is 83.5 Å². The van der Waals surface area contributed by atoms with E-state index in [0.29, 0.717) is 42.9 Å². The molecule has 8 heteroatoms. The van der Waals surface area contributed by atoms with Gasteiger partial charge in [0, 0.05) is 30.2 Å². The first-order chi connectivity index (χ1) is 19.0. The van der Waals surface area contributed by atoms with Crippen molar-refractivity contribution in [3.8, 4) is 0 Å². The zero-order valence-electron chi connectivity index (χ0n) is 22.0. The maximum atomic E-state index is 13.6. The van der Waals surface area contributed by atoms with E-state index in [2.05, 4.69) is 26.7 Å². The molecule has 0 saturated heterocycles. The van der Waals surface area contributed by atoms with Gasteiger partial charge in [0.25, 0.3) is 5.91 Å². The molecular formula is C31H33N5O3. The Morgan fingerprint density at radius 2 is 1.92 bits per heavy atom. The number of carbonyl (C=O) groups excluding carboxylic acids is 3. The van der Waals surface area contributed by atoms with Gasteiger partial charge in [-0.05, 0) is 68.7 Å². The fraction of sp³-hybridized carbons (Fsp3) is 0.387. The summed E-state index contributed by atoms with van der Waals surface area (Å²) >= 11 is 0. The molecule has 1 spiro atoms. The molecule has 6 rings (SSSR count). The van der Waals surface area contributed by atoms with Gasteiger partial charge in [-0.25, -0.2) is 4.98 Å². The molecule has 2 N–H and O–H groups in total. The lowest BCUT2D eigenvalue weighted by Crippen LogP contribution is -2.41. The lowest BCUT2D eigenvalue weighted by atomic mass is 9.79. The molecule has 0 bridgehead atoms. The maximum Gasteiger partial charge on any atom is 0.256 e. The number of hydrogen-bond acceptors (Lipinski definition) is 5. The van der Waals surface area contributed by atoms with Crippen molar-refractivity contribution >= 4 is 29.1 Å². The average molecular weight is 524 g/mol. The topological polar surface area (TPSA) is 104 Å². The number of nitrogens with one attached hydrogen (secondary N) is 2. The molecule has 200 valence electrons. The van der Waals surface area contributed by atoms with E-state index in [4.69, 9.17) is 0 Å². The van der Waals surface area contributed by atoms with Crippen molar-refractivity contribution in [2.45, 2.75) is 56.8 Å². The summed E-state index contributed by atoms with van der Waals surface area (Å²) in [7, 11) is 0. The predicted molar refractivity (Wildman–Crippen MR) is 148 cm³/mol. The number of aromatic nitrogens is 2. The summed E-state index contributed by atoms with van der Waals surface area (Å²) in [5.74, 6) is 0.493. The van der Waals surface area contributed by atoms with Crippen LogP contribution in [0.15, 0.2) is 72.2 Å². The molecule has 2 unspecified atom stereocenters. The second kappa shape index (κ2) is 10.6. The highest BCUT2D eigenvalue weighted by atomic mass is 16.2. The number of anilines is 1. The van der Waals surface area contributed by atoms with Crippen molar-refractivity contribution in [1.29, 1.82) is 0 Å². The quantitative estimate of drug-likeness (QED) is 0.623. The third kappa shape index (κ3) is 4.91. The van der Waals surface area contributed by atoms with Gasteiger partial charge in [-0.2, -0.15) is 0 Å². The summed E-state index contributed by atoms with van der Waals surface area (Å²) in [6.07, 6.45) is 16.2. The van der Waals surface area contributed by atoms with E-state index >= 15 is 0 Å². The number of hydrogen-bond donors (Lipinski definition) is 2. The Morgan fingerprint density at radius 1 is 1.05 bits per heavy atom. The monoisotopic (exact) mass is 523 g/mol. The Bertz CT molecular complexity index is 1400. The number of allylic oxidation sites excluding steroid dienone is 5. The molecule has 2 atom stereocenters. The number of fused-ring (bicyclic) bond motifs is 3. The summed E-state index contributed by atoms with van der Waals surface area (Å²) in [4.78, 5) is 50.2. The average Bonchev–Trinajstić information content (AvgIpc) is 3.46. The smallest absolute Gasteiger partial charge is 0.256 e. The highest BCUT2D eigenvalue weighted by Gasteiger charge is 2.54. The zero-order valence-corrected chi connectivity index (χ0v) is 22.0. The molecule has 0 radical (unpaired) electrons. The maximum absolute atomic E-state index is 13.6. The highest BCUT2D eigenvalue weighted by Crippen LogP contribution is 2.54. The van der Waals surface area contributed by atoms with E-state index in [1.165, 1.54) is 5.57 Å². The van der Waals surface area contributed by atoms with Crippen LogP contribution in [0.25, 0.3) is 5.57 Å². The van der Waals surface area contributed by atoms with Crippen LogP contribution < -0.4 is 10.6 Å². The van der Waals surface area contributed by atoms with Crippen molar-refractivity contribution in [2.75, 3.05) is 18.4 Å². The van der Waals surface area contributed by atoms with E-state index in [-0.39, 0.29) is 30.2 Å². The molecular weight excluding hydrogens is 490 g/mol. The Kier molecular flexibility index (Phi) is 6.85. The van der Waals surface area contributed by atoms with E-state index in [1.54, 1.807) is 17.3 Å². The van der Waals surface area contributed by atoms with Crippen LogP contribution in [0.5, 0.6) is 0 Å². The number of amides is 3. The SMILES string of the molecule is O=C(CN1CCCCCC/C=C(/c2ccccn2)C1=O)NC1=CC=C2CC3(CC2C1)C(=O)Nc1ncccc13. The third-order valence-corrected chi connectivity index (χ3v) is 8.40. The predicted octanol–water partition coefficient (Wildman–Crippen LogP) is 4.28. The van der Waals surface area contributed by atoms with E-state index < -0.39 is 5.41 Å². The van der Waals surface area contributed by atoms with E-state index in [1.807, 2.05) is 42.5 Å². The Morgan fingerprint density at radius 3 is 2.79 bits per heavy atom. The Labute approximate surface area is 228 Å². The third-order valence-electron chi connectivity index (χ3n) is 8.40. The Balaban J connectivity index is 1.13. The minimum Gasteiger partial charge on any atom is -0.329 e. The summed E-state index contributed by atoms with van der Waals surface area (Å²) in [5, 5.41) is 6.02. The minimum absolute atomic E-state index is 0.00697. The van der Waals surface area contributed by atoms with Crippen LogP contribution in [0.1, 0.15) is 62.6 Å². The van der Waals surface area contributed by atoms with Gasteiger partial charge in [-0.3, -0.25) is 19.4 Å². The van der Waals surface area contributed by atoms with E-state index in [9.17, 15) is 14.4 Å². The van der Waals surface area contributed by atoms with Gasteiger partial charge in [0.05, 0.1) is 16.7 Å². The lowest BCUT2D eigenvalue weighted by Gasteiger charge is -2.25. The van der Waals surface area contributed by atoms with Crippen LogP contribution in [-0.2, 0) is 19.8 Å². The molecule has 1 saturated carbocycles. The summed E-state index contributed by atoms with van der Waals surface area (Å²) < 4.78 is 0. The van der Waals surface area contributed by atoms with Crippen molar-refractivity contribution in [3.63, 3.8) is 0 Å². The van der Waals surface area contributed by atoms with Gasteiger partial charge >= 0.3 is 0 Å². The van der Waals surface area contributed by atoms with Crippen LogP contribution in [0, 0.1) is 5.92 Å². The molecule has 2 aromatic rings. The first-order valence-corrected chi connectivity index (χ1v) is 13.9. The molecule has 3 amide bonds. The second-order valence-electron chi connectivity index (χ2n) is 11.0. The highest BCUT2D eigenvalue weighted by molar-refractivity contribution is 6.19. The molecule has 8 nitrogen and oxygen atoms in total. The van der Waals surface area contributed by atoms with Crippen molar-refractivity contribution in [2.24, 2.45) is 5.92 Å². The summed E-state index contributed by atoms with van der Waals surface area (Å²) in [6.45, 7) is 0.528. The van der Waals surface area contributed by atoms with Gasteiger partial charge in [0.2, 0.25) is 11.8 Å². The molecule has 1 fully saturated rings. The molecule has 0 aromatic carbocycles. The van der Waals surface area contributed by atoms with Crippen LogP contribution in [0.4, 0.5) is 5.82 Å². The van der Waals surface area contributed by atoms with Gasteiger partial charge in [0.15, 0.2) is 0 Å². The largest absolute Gasteiger partial charge is 0.329 e. The standard InChI is InChI=1S/C31H33N5O3/c37-27(20-36-16-7-3-1-2-4-9-24(29(36)38)26-11-5-6-14-32-26)34-23-13-12-21-18-31(19-22(21)17-23)25-10-8-15-33-28(25)35-30(31)39/h5-6,8-15,22H,1-4,7,16-20H2,(H,34,37)(H,33,35,39)/b24-9-. The number of rotatable bonds is 4. The minimum atomic E-state index is -0.587. The number of nitrogens with zero attached hydrogens (tertiary/aromatic N) is 3. The van der Waals surface area contributed by atoms with E-state index in [0.717, 1.165) is 43.4 Å². The first-order valence-electron chi connectivity index (χ1n) is 13.9. The fourth-order valence-electron chi connectivity index (χ4n) is 6.45. The fourth-order valence-corrected chi connectivity index (χ4v) is 6.45. The van der Waals surface area contributed by atoms with Crippen LogP contribution in [0.2, 0.25) is 0 Å². The number of carbonyl (C=O) groups is 3. The Hall–Kier alpha value is -4.07. The molecule has 2 aliphatic heterocycles. The normalized spacial score (nSPS) is 26.1. The molecule has 4 heterocycles. The summed E-state index contributed by atoms with van der Waals surface area (Å²) in [5.41, 5.74) is 3.64. The number of pyridine rings is 2. The first kappa shape index (κ1) is 25.2. The van der Waals surface area contributed by atoms with Gasteiger partial charge < -0.3 is 15.5 Å². The zero-order chi connectivity index (χ0) is 26.8. The van der Waals surface area contributed by atoms with Gasteiger partial charge in [-0.15, -0.1) is 0 Å². The molecule has 2 aliphatic carbocycles. The molecule has 39 heavy (non-hydrogen) atoms. The molecule has 2 aromatic heterocycles. The van der Waals surface area contributed by atoms with Crippen LogP contribution in [0.3, 0.4) is 0 Å². The van der Waals surface area contributed by atoms with Crippen molar-refractivity contribution < 1.29 is 14.4 Å².